The fraction of sp³-hybridized carbons (Fsp3) is 0.278. The fourth-order valence-electron chi connectivity index (χ4n) is 2.02. The van der Waals surface area contributed by atoms with Gasteiger partial charge in [-0.15, -0.1) is 11.8 Å². The zero-order valence-corrected chi connectivity index (χ0v) is 14.2. The Bertz CT molecular complexity index is 628. The summed E-state index contributed by atoms with van der Waals surface area (Å²) in [5.41, 5.74) is 2.20. The standard InChI is InChI=1S/C18H21NO3S/c1-21-16-8-6-14(7-9-16)12-23-13-18(20)19-11-15-4-3-5-17(10-15)22-2/h3-10H,11-13H2,1-2H3,(H,19,20). The van der Waals surface area contributed by atoms with Crippen LogP contribution in [0.15, 0.2) is 48.5 Å². The Balaban J connectivity index is 1.70. The monoisotopic (exact) mass is 331 g/mol. The number of amides is 1. The van der Waals surface area contributed by atoms with Gasteiger partial charge in [-0.1, -0.05) is 24.3 Å². The molecule has 0 aliphatic heterocycles. The molecule has 0 saturated carbocycles. The van der Waals surface area contributed by atoms with Crippen LogP contribution in [0.25, 0.3) is 0 Å². The summed E-state index contributed by atoms with van der Waals surface area (Å²) in [6.07, 6.45) is 0. The van der Waals surface area contributed by atoms with Gasteiger partial charge in [-0.25, -0.2) is 0 Å². The van der Waals surface area contributed by atoms with Crippen molar-refractivity contribution in [3.63, 3.8) is 0 Å². The van der Waals surface area contributed by atoms with Crippen LogP contribution in [-0.2, 0) is 17.1 Å². The van der Waals surface area contributed by atoms with E-state index in [0.717, 1.165) is 22.8 Å². The average Bonchev–Trinajstić information content (AvgIpc) is 2.61. The first kappa shape index (κ1) is 17.2. The van der Waals surface area contributed by atoms with Crippen molar-refractivity contribution in [3.8, 4) is 11.5 Å². The number of hydrogen-bond acceptors (Lipinski definition) is 4. The van der Waals surface area contributed by atoms with Gasteiger partial charge in [0.25, 0.3) is 0 Å². The molecule has 0 aromatic heterocycles. The first-order chi connectivity index (χ1) is 11.2. The van der Waals surface area contributed by atoms with Crippen LogP contribution in [0.2, 0.25) is 0 Å². The molecule has 4 nitrogen and oxygen atoms in total. The number of nitrogens with one attached hydrogen (secondary N) is 1. The van der Waals surface area contributed by atoms with Gasteiger partial charge in [-0.2, -0.15) is 0 Å². The molecule has 1 N–H and O–H groups in total. The molecule has 122 valence electrons. The number of hydrogen-bond donors (Lipinski definition) is 1. The lowest BCUT2D eigenvalue weighted by Crippen LogP contribution is -2.24. The third-order valence-electron chi connectivity index (χ3n) is 3.28. The van der Waals surface area contributed by atoms with Crippen LogP contribution in [-0.4, -0.2) is 25.9 Å². The molecule has 1 amide bonds. The lowest BCUT2D eigenvalue weighted by atomic mass is 10.2. The lowest BCUT2D eigenvalue weighted by molar-refractivity contribution is -0.118. The number of thioether (sulfide) groups is 1. The molecular weight excluding hydrogens is 310 g/mol. The van der Waals surface area contributed by atoms with Crippen LogP contribution in [0.1, 0.15) is 11.1 Å². The van der Waals surface area contributed by atoms with E-state index >= 15 is 0 Å². The van der Waals surface area contributed by atoms with E-state index in [2.05, 4.69) is 5.32 Å². The van der Waals surface area contributed by atoms with Gasteiger partial charge in [0.05, 0.1) is 20.0 Å². The second-order valence-corrected chi connectivity index (χ2v) is 5.95. The number of benzene rings is 2. The molecule has 0 radical (unpaired) electrons. The van der Waals surface area contributed by atoms with Crippen LogP contribution in [0.4, 0.5) is 0 Å². The number of carbonyl (C=O) groups is 1. The molecule has 0 bridgehead atoms. The molecule has 0 heterocycles. The van der Waals surface area contributed by atoms with Gasteiger partial charge in [0, 0.05) is 12.3 Å². The Morgan fingerprint density at radius 2 is 1.74 bits per heavy atom. The summed E-state index contributed by atoms with van der Waals surface area (Å²) in [4.78, 5) is 11.9. The zero-order valence-electron chi connectivity index (χ0n) is 13.4. The molecule has 0 fully saturated rings. The van der Waals surface area contributed by atoms with E-state index in [1.807, 2.05) is 48.5 Å². The Labute approximate surface area is 141 Å². The summed E-state index contributed by atoms with van der Waals surface area (Å²) in [5, 5.41) is 2.92. The van der Waals surface area contributed by atoms with Crippen molar-refractivity contribution in [2.24, 2.45) is 0 Å². The summed E-state index contributed by atoms with van der Waals surface area (Å²) >= 11 is 1.59. The molecule has 2 aromatic rings. The van der Waals surface area contributed by atoms with E-state index in [4.69, 9.17) is 9.47 Å². The van der Waals surface area contributed by atoms with E-state index in [9.17, 15) is 4.79 Å². The number of carbonyl (C=O) groups excluding carboxylic acids is 1. The highest BCUT2D eigenvalue weighted by Gasteiger charge is 2.03. The van der Waals surface area contributed by atoms with Crippen LogP contribution < -0.4 is 14.8 Å². The van der Waals surface area contributed by atoms with Gasteiger partial charge in [0.1, 0.15) is 11.5 Å². The third kappa shape index (κ3) is 5.87. The van der Waals surface area contributed by atoms with E-state index in [1.54, 1.807) is 26.0 Å². The lowest BCUT2D eigenvalue weighted by Gasteiger charge is -2.07. The van der Waals surface area contributed by atoms with Gasteiger partial charge < -0.3 is 14.8 Å². The third-order valence-corrected chi connectivity index (χ3v) is 4.29. The zero-order chi connectivity index (χ0) is 16.5. The summed E-state index contributed by atoms with van der Waals surface area (Å²) in [5.74, 6) is 2.92. The average molecular weight is 331 g/mol. The molecule has 23 heavy (non-hydrogen) atoms. The molecule has 2 rings (SSSR count). The minimum absolute atomic E-state index is 0.0336. The van der Waals surface area contributed by atoms with Crippen LogP contribution in [0.3, 0.4) is 0 Å². The largest absolute Gasteiger partial charge is 0.497 e. The van der Waals surface area contributed by atoms with E-state index in [1.165, 1.54) is 5.56 Å². The van der Waals surface area contributed by atoms with Crippen molar-refractivity contribution in [1.82, 2.24) is 5.32 Å². The Morgan fingerprint density at radius 3 is 2.43 bits per heavy atom. The Hall–Kier alpha value is -2.14. The summed E-state index contributed by atoms with van der Waals surface area (Å²) in [6.45, 7) is 0.513. The second kappa shape index (κ2) is 9.10. The summed E-state index contributed by atoms with van der Waals surface area (Å²) in [6, 6.07) is 15.6. The molecular formula is C18H21NO3S. The van der Waals surface area contributed by atoms with Gasteiger partial charge in [0.15, 0.2) is 0 Å². The van der Waals surface area contributed by atoms with Gasteiger partial charge in [-0.05, 0) is 35.4 Å². The molecule has 0 unspecified atom stereocenters. The van der Waals surface area contributed by atoms with Crippen molar-refractivity contribution in [2.75, 3.05) is 20.0 Å². The SMILES string of the molecule is COc1ccc(CSCC(=O)NCc2cccc(OC)c2)cc1. The maximum Gasteiger partial charge on any atom is 0.230 e. The molecule has 0 aliphatic rings. The van der Waals surface area contributed by atoms with Crippen molar-refractivity contribution in [1.29, 1.82) is 0 Å². The molecule has 0 aliphatic carbocycles. The molecule has 2 aromatic carbocycles. The van der Waals surface area contributed by atoms with Gasteiger partial charge in [-0.3, -0.25) is 4.79 Å². The summed E-state index contributed by atoms with van der Waals surface area (Å²) < 4.78 is 10.3. The Morgan fingerprint density at radius 1 is 1.00 bits per heavy atom. The maximum absolute atomic E-state index is 11.9. The molecule has 5 heteroatoms. The quantitative estimate of drug-likeness (QED) is 0.806. The number of ether oxygens (including phenoxy) is 2. The predicted molar refractivity (Wildman–Crippen MR) is 94.0 cm³/mol. The van der Waals surface area contributed by atoms with Crippen LogP contribution in [0.5, 0.6) is 11.5 Å². The highest BCUT2D eigenvalue weighted by molar-refractivity contribution is 7.99. The minimum atomic E-state index is 0.0336. The first-order valence-corrected chi connectivity index (χ1v) is 8.47. The molecule has 0 spiro atoms. The highest BCUT2D eigenvalue weighted by atomic mass is 32.2. The normalized spacial score (nSPS) is 10.2. The summed E-state index contributed by atoms with van der Waals surface area (Å²) in [7, 11) is 3.28. The predicted octanol–water partition coefficient (Wildman–Crippen LogP) is 3.25. The van der Waals surface area contributed by atoms with Crippen LogP contribution in [0, 0.1) is 0 Å². The highest BCUT2D eigenvalue weighted by Crippen LogP contribution is 2.16. The molecule has 0 saturated heterocycles. The van der Waals surface area contributed by atoms with Crippen molar-refractivity contribution >= 4 is 17.7 Å². The number of methoxy groups -OCH3 is 2. The molecule has 0 atom stereocenters. The van der Waals surface area contributed by atoms with E-state index < -0.39 is 0 Å². The second-order valence-electron chi connectivity index (χ2n) is 4.97. The topological polar surface area (TPSA) is 47.6 Å². The maximum atomic E-state index is 11.9. The van der Waals surface area contributed by atoms with Crippen molar-refractivity contribution < 1.29 is 14.3 Å². The Kier molecular flexibility index (Phi) is 6.81. The van der Waals surface area contributed by atoms with Gasteiger partial charge in [0.2, 0.25) is 5.91 Å². The van der Waals surface area contributed by atoms with Gasteiger partial charge >= 0.3 is 0 Å². The van der Waals surface area contributed by atoms with Crippen molar-refractivity contribution in [2.45, 2.75) is 12.3 Å². The first-order valence-electron chi connectivity index (χ1n) is 7.31. The smallest absolute Gasteiger partial charge is 0.230 e. The number of rotatable bonds is 8. The van der Waals surface area contributed by atoms with E-state index in [-0.39, 0.29) is 5.91 Å². The van der Waals surface area contributed by atoms with E-state index in [0.29, 0.717) is 12.3 Å². The fourth-order valence-corrected chi connectivity index (χ4v) is 2.84. The minimum Gasteiger partial charge on any atom is -0.497 e. The van der Waals surface area contributed by atoms with Crippen LogP contribution >= 0.6 is 11.8 Å². The van der Waals surface area contributed by atoms with Crippen molar-refractivity contribution in [3.05, 3.63) is 59.7 Å².